The molecule has 0 aliphatic heterocycles. The number of hydrogen-bond donors (Lipinski definition) is 1. The van der Waals surface area contributed by atoms with E-state index in [1.807, 2.05) is 4.57 Å². The lowest BCUT2D eigenvalue weighted by atomic mass is 10.1. The van der Waals surface area contributed by atoms with Crippen molar-refractivity contribution >= 4 is 28.2 Å². The van der Waals surface area contributed by atoms with Crippen molar-refractivity contribution in [2.24, 2.45) is 0 Å². The van der Waals surface area contributed by atoms with Crippen LogP contribution in [0, 0.1) is 5.82 Å². The first-order valence-corrected chi connectivity index (χ1v) is 7.41. The number of rotatable bonds is 2. The van der Waals surface area contributed by atoms with E-state index < -0.39 is 5.82 Å². The van der Waals surface area contributed by atoms with Crippen molar-refractivity contribution in [3.05, 3.63) is 57.9 Å². The van der Waals surface area contributed by atoms with Gasteiger partial charge in [0.2, 0.25) is 0 Å². The summed E-state index contributed by atoms with van der Waals surface area (Å²) in [6.07, 6.45) is 7.06. The maximum absolute atomic E-state index is 14.5. The zero-order chi connectivity index (χ0) is 15.4. The number of fused-ring (bicyclic) bond motifs is 1. The first-order valence-electron chi connectivity index (χ1n) is 7.03. The highest BCUT2D eigenvalue weighted by Crippen LogP contribution is 2.40. The minimum absolute atomic E-state index is 0.214. The Morgan fingerprint density at radius 3 is 2.68 bits per heavy atom. The van der Waals surface area contributed by atoms with E-state index in [1.165, 1.54) is 12.1 Å². The molecule has 0 bridgehead atoms. The Kier molecular flexibility index (Phi) is 2.81. The summed E-state index contributed by atoms with van der Waals surface area (Å²) in [5.74, 6) is -0.543. The molecule has 3 aromatic rings. The number of nitrogens with two attached hydrogens (primary N) is 1. The van der Waals surface area contributed by atoms with Crippen LogP contribution in [0.5, 0.6) is 0 Å². The highest BCUT2D eigenvalue weighted by atomic mass is 35.5. The highest BCUT2D eigenvalue weighted by Gasteiger charge is 2.27. The van der Waals surface area contributed by atoms with Gasteiger partial charge in [0.15, 0.2) is 5.43 Å². The number of nitrogens with zero attached hydrogens (tertiary/aromatic N) is 2. The third-order valence-corrected chi connectivity index (χ3v) is 4.35. The molecule has 0 saturated heterocycles. The van der Waals surface area contributed by atoms with E-state index in [4.69, 9.17) is 17.3 Å². The Labute approximate surface area is 130 Å². The molecular weight excluding hydrogens is 305 g/mol. The van der Waals surface area contributed by atoms with E-state index in [0.717, 1.165) is 12.8 Å². The molecule has 2 heterocycles. The van der Waals surface area contributed by atoms with Gasteiger partial charge < -0.3 is 14.9 Å². The molecule has 1 aromatic carbocycles. The lowest BCUT2D eigenvalue weighted by molar-refractivity contribution is 0.619. The number of nitrogen functional groups attached to an aromatic ring is 1. The average molecular weight is 318 g/mol. The maximum atomic E-state index is 14.5. The fourth-order valence-electron chi connectivity index (χ4n) is 2.80. The zero-order valence-electron chi connectivity index (χ0n) is 11.6. The molecule has 1 saturated carbocycles. The van der Waals surface area contributed by atoms with Crippen molar-refractivity contribution in [2.45, 2.75) is 18.9 Å². The highest BCUT2D eigenvalue weighted by molar-refractivity contribution is 6.37. The van der Waals surface area contributed by atoms with E-state index in [9.17, 15) is 9.18 Å². The van der Waals surface area contributed by atoms with Crippen LogP contribution < -0.4 is 11.2 Å². The number of benzene rings is 1. The molecule has 1 fully saturated rings. The first kappa shape index (κ1) is 13.4. The number of hydrogen-bond acceptors (Lipinski definition) is 2. The van der Waals surface area contributed by atoms with Crippen LogP contribution in [0.2, 0.25) is 5.02 Å². The van der Waals surface area contributed by atoms with Gasteiger partial charge in [-0.05, 0) is 25.0 Å². The predicted molar refractivity (Wildman–Crippen MR) is 85.2 cm³/mol. The normalized spacial score (nSPS) is 14.6. The third kappa shape index (κ3) is 1.93. The van der Waals surface area contributed by atoms with Gasteiger partial charge in [-0.15, -0.1) is 0 Å². The molecule has 1 aliphatic rings. The summed E-state index contributed by atoms with van der Waals surface area (Å²) in [6.45, 7) is 0. The Morgan fingerprint density at radius 1 is 1.27 bits per heavy atom. The lowest BCUT2D eigenvalue weighted by Crippen LogP contribution is -2.10. The average Bonchev–Trinajstić information content (AvgIpc) is 3.23. The van der Waals surface area contributed by atoms with Gasteiger partial charge in [-0.2, -0.15) is 0 Å². The lowest BCUT2D eigenvalue weighted by Gasteiger charge is -2.15. The summed E-state index contributed by atoms with van der Waals surface area (Å²) in [6, 6.07) is 4.71. The number of halogens is 2. The van der Waals surface area contributed by atoms with Crippen LogP contribution in [0.1, 0.15) is 18.9 Å². The van der Waals surface area contributed by atoms with Gasteiger partial charge >= 0.3 is 0 Å². The largest absolute Gasteiger partial charge is 0.397 e. The number of aromatic nitrogens is 2. The topological polar surface area (TPSA) is 52.9 Å². The van der Waals surface area contributed by atoms with Crippen LogP contribution in [0.3, 0.4) is 0 Å². The molecule has 0 amide bonds. The van der Waals surface area contributed by atoms with Crippen molar-refractivity contribution in [1.82, 2.24) is 9.13 Å². The molecule has 6 heteroatoms. The third-order valence-electron chi connectivity index (χ3n) is 3.99. The summed E-state index contributed by atoms with van der Waals surface area (Å²) in [7, 11) is 0. The van der Waals surface area contributed by atoms with Gasteiger partial charge in [0.05, 0.1) is 15.9 Å². The fourth-order valence-corrected chi connectivity index (χ4v) is 3.18. The van der Waals surface area contributed by atoms with Crippen molar-refractivity contribution in [1.29, 1.82) is 0 Å². The Hall–Kier alpha value is -2.27. The van der Waals surface area contributed by atoms with E-state index in [1.54, 1.807) is 29.2 Å². The fraction of sp³-hybridized carbons (Fsp3) is 0.188. The molecule has 0 spiro atoms. The van der Waals surface area contributed by atoms with E-state index in [-0.39, 0.29) is 16.1 Å². The quantitative estimate of drug-likeness (QED) is 0.786. The standard InChI is InChI=1S/C16H13ClFN3O/c17-14-15-11(13(22)4-6-21(15)10-1-2-10)7-12(18)16(14)20-5-3-9(19)8-20/h3-8,10H,1-2,19H2. The van der Waals surface area contributed by atoms with Crippen LogP contribution in [-0.4, -0.2) is 9.13 Å². The van der Waals surface area contributed by atoms with Gasteiger partial charge in [-0.3, -0.25) is 4.79 Å². The van der Waals surface area contributed by atoms with Gasteiger partial charge in [0, 0.05) is 36.4 Å². The van der Waals surface area contributed by atoms with Crippen LogP contribution in [0.15, 0.2) is 41.6 Å². The maximum Gasteiger partial charge on any atom is 0.189 e. The molecule has 4 nitrogen and oxygen atoms in total. The smallest absolute Gasteiger partial charge is 0.189 e. The van der Waals surface area contributed by atoms with Crippen molar-refractivity contribution in [3.8, 4) is 5.69 Å². The molecule has 112 valence electrons. The van der Waals surface area contributed by atoms with Crippen LogP contribution in [-0.2, 0) is 0 Å². The zero-order valence-corrected chi connectivity index (χ0v) is 12.3. The van der Waals surface area contributed by atoms with Gasteiger partial charge in [-0.1, -0.05) is 11.6 Å². The predicted octanol–water partition coefficient (Wildman–Crippen LogP) is 3.50. The molecule has 22 heavy (non-hydrogen) atoms. The van der Waals surface area contributed by atoms with Crippen molar-refractivity contribution < 1.29 is 4.39 Å². The monoisotopic (exact) mass is 317 g/mol. The summed E-state index contributed by atoms with van der Waals surface area (Å²) in [4.78, 5) is 12.1. The van der Waals surface area contributed by atoms with Crippen molar-refractivity contribution in [3.63, 3.8) is 0 Å². The van der Waals surface area contributed by atoms with E-state index in [0.29, 0.717) is 22.6 Å². The molecule has 0 radical (unpaired) electrons. The van der Waals surface area contributed by atoms with Crippen LogP contribution in [0.25, 0.3) is 16.6 Å². The Morgan fingerprint density at radius 2 is 2.05 bits per heavy atom. The molecule has 1 aliphatic carbocycles. The second kappa shape index (κ2) is 4.61. The molecule has 0 atom stereocenters. The van der Waals surface area contributed by atoms with Crippen molar-refractivity contribution in [2.75, 3.05) is 5.73 Å². The van der Waals surface area contributed by atoms with Crippen LogP contribution in [0.4, 0.5) is 10.1 Å². The summed E-state index contributed by atoms with van der Waals surface area (Å²) in [5, 5.41) is 0.538. The first-order chi connectivity index (χ1) is 10.6. The minimum atomic E-state index is -0.543. The van der Waals surface area contributed by atoms with E-state index in [2.05, 4.69) is 0 Å². The Bertz CT molecular complexity index is 956. The summed E-state index contributed by atoms with van der Waals surface area (Å²) >= 11 is 6.48. The summed E-state index contributed by atoms with van der Waals surface area (Å²) < 4.78 is 18.0. The number of pyridine rings is 1. The summed E-state index contributed by atoms with van der Waals surface area (Å²) in [5.41, 5.74) is 6.78. The van der Waals surface area contributed by atoms with Gasteiger partial charge in [0.1, 0.15) is 11.5 Å². The second-order valence-corrected chi connectivity index (χ2v) is 5.97. The van der Waals surface area contributed by atoms with Gasteiger partial charge in [0.25, 0.3) is 0 Å². The second-order valence-electron chi connectivity index (χ2n) is 5.59. The molecule has 2 aromatic heterocycles. The molecule has 4 rings (SSSR count). The molecular formula is C16H13ClFN3O. The number of anilines is 1. The van der Waals surface area contributed by atoms with Gasteiger partial charge in [-0.25, -0.2) is 4.39 Å². The minimum Gasteiger partial charge on any atom is -0.397 e. The Balaban J connectivity index is 2.11. The van der Waals surface area contributed by atoms with E-state index >= 15 is 0 Å². The molecule has 0 unspecified atom stereocenters. The molecule has 2 N–H and O–H groups in total. The van der Waals surface area contributed by atoms with Crippen LogP contribution >= 0.6 is 11.6 Å². The SMILES string of the molecule is Nc1ccn(-c2c(F)cc3c(=O)ccn(C4CC4)c3c2Cl)c1.